The van der Waals surface area contributed by atoms with E-state index >= 15 is 0 Å². The molecule has 1 heterocycles. The lowest BCUT2D eigenvalue weighted by atomic mass is 10.1. The molecule has 0 spiro atoms. The Morgan fingerprint density at radius 3 is 2.37 bits per heavy atom. The van der Waals surface area contributed by atoms with Crippen LogP contribution in [-0.4, -0.2) is 54.0 Å². The van der Waals surface area contributed by atoms with Crippen molar-refractivity contribution in [2.24, 2.45) is 0 Å². The highest BCUT2D eigenvalue weighted by molar-refractivity contribution is 7.90. The first-order chi connectivity index (χ1) is 16.6. The zero-order valence-electron chi connectivity index (χ0n) is 20.0. The van der Waals surface area contributed by atoms with Crippen LogP contribution in [0.1, 0.15) is 56.0 Å². The molecule has 1 N–H and O–H groups in total. The molecule has 3 rings (SSSR count). The van der Waals surface area contributed by atoms with Crippen molar-refractivity contribution in [3.8, 4) is 0 Å². The SMILES string of the molecule is CC[C@@H](C)NC(=O)[C@@H](C)N(Cc1ccc(F)cc1)C(=O)CCCN1C(=O)c2ccccc2S1(=O)=O. The first kappa shape index (κ1) is 26.3. The second-order valence-electron chi connectivity index (χ2n) is 8.62. The normalized spacial score (nSPS) is 15.9. The average Bonchev–Trinajstić information content (AvgIpc) is 3.03. The maximum absolute atomic E-state index is 13.3. The molecule has 2 atom stereocenters. The summed E-state index contributed by atoms with van der Waals surface area (Å²) in [5.41, 5.74) is 0.766. The predicted octanol–water partition coefficient (Wildman–Crippen LogP) is 3.08. The van der Waals surface area contributed by atoms with E-state index in [1.807, 2.05) is 13.8 Å². The topological polar surface area (TPSA) is 104 Å². The number of carbonyl (C=O) groups excluding carboxylic acids is 3. The van der Waals surface area contributed by atoms with Crippen molar-refractivity contribution in [2.45, 2.75) is 63.6 Å². The minimum absolute atomic E-state index is 0.0374. The van der Waals surface area contributed by atoms with E-state index in [4.69, 9.17) is 0 Å². The van der Waals surface area contributed by atoms with Crippen molar-refractivity contribution in [1.29, 1.82) is 0 Å². The monoisotopic (exact) mass is 503 g/mol. The summed E-state index contributed by atoms with van der Waals surface area (Å²) in [7, 11) is -3.95. The smallest absolute Gasteiger partial charge is 0.269 e. The Balaban J connectivity index is 1.71. The van der Waals surface area contributed by atoms with Crippen molar-refractivity contribution in [2.75, 3.05) is 6.54 Å². The standard InChI is InChI=1S/C25H30FN3O5S/c1-4-17(2)27-24(31)18(3)28(16-19-11-13-20(26)14-12-19)23(30)10-7-15-29-25(32)21-8-5-6-9-22(21)35(29,33)34/h5-6,8-9,11-14,17-18H,4,7,10,15-16H2,1-3H3,(H,27,31)/t17-,18-/m1/s1. The highest BCUT2D eigenvalue weighted by atomic mass is 32.2. The van der Waals surface area contributed by atoms with Crippen LogP contribution >= 0.6 is 0 Å². The molecule has 0 fully saturated rings. The Hall–Kier alpha value is -3.27. The lowest BCUT2D eigenvalue weighted by Gasteiger charge is -2.30. The van der Waals surface area contributed by atoms with Crippen LogP contribution in [0.25, 0.3) is 0 Å². The summed E-state index contributed by atoms with van der Waals surface area (Å²) in [5.74, 6) is -1.71. The van der Waals surface area contributed by atoms with E-state index in [9.17, 15) is 27.2 Å². The molecular weight excluding hydrogens is 473 g/mol. The third-order valence-corrected chi connectivity index (χ3v) is 7.94. The van der Waals surface area contributed by atoms with Crippen LogP contribution in [0.5, 0.6) is 0 Å². The van der Waals surface area contributed by atoms with Gasteiger partial charge in [-0.1, -0.05) is 31.2 Å². The van der Waals surface area contributed by atoms with Crippen LogP contribution in [-0.2, 0) is 26.2 Å². The summed E-state index contributed by atoms with van der Waals surface area (Å²) >= 11 is 0. The Labute approximate surface area is 205 Å². The molecule has 0 aliphatic carbocycles. The van der Waals surface area contributed by atoms with Crippen molar-refractivity contribution in [3.05, 3.63) is 65.5 Å². The Kier molecular flexibility index (Phi) is 8.26. The van der Waals surface area contributed by atoms with Crippen molar-refractivity contribution in [3.63, 3.8) is 0 Å². The van der Waals surface area contributed by atoms with Gasteiger partial charge in [-0.2, -0.15) is 0 Å². The highest BCUT2D eigenvalue weighted by Gasteiger charge is 2.40. The fourth-order valence-corrected chi connectivity index (χ4v) is 5.41. The summed E-state index contributed by atoms with van der Waals surface area (Å²) in [4.78, 5) is 39.9. The van der Waals surface area contributed by atoms with E-state index in [1.54, 1.807) is 31.2 Å². The Bertz CT molecular complexity index is 1200. The van der Waals surface area contributed by atoms with Crippen molar-refractivity contribution in [1.82, 2.24) is 14.5 Å². The molecule has 2 aromatic rings. The number of rotatable bonds is 10. The molecule has 0 radical (unpaired) electrons. The number of carbonyl (C=O) groups is 3. The fraction of sp³-hybridized carbons (Fsp3) is 0.400. The molecular formula is C25H30FN3O5S. The van der Waals surface area contributed by atoms with Gasteiger partial charge in [-0.25, -0.2) is 17.1 Å². The summed E-state index contributed by atoms with van der Waals surface area (Å²) in [6.45, 7) is 5.34. The van der Waals surface area contributed by atoms with Gasteiger partial charge >= 0.3 is 0 Å². The van der Waals surface area contributed by atoms with Gasteiger partial charge < -0.3 is 10.2 Å². The maximum atomic E-state index is 13.3. The van der Waals surface area contributed by atoms with Crippen LogP contribution in [0.15, 0.2) is 53.4 Å². The molecule has 10 heteroatoms. The quantitative estimate of drug-likeness (QED) is 0.537. The van der Waals surface area contributed by atoms with E-state index in [2.05, 4.69) is 5.32 Å². The van der Waals surface area contributed by atoms with E-state index < -0.39 is 27.8 Å². The van der Waals surface area contributed by atoms with Gasteiger partial charge in [0, 0.05) is 25.6 Å². The van der Waals surface area contributed by atoms with Gasteiger partial charge in [0.25, 0.3) is 15.9 Å². The van der Waals surface area contributed by atoms with Crippen LogP contribution in [0.4, 0.5) is 4.39 Å². The second kappa shape index (κ2) is 11.0. The number of sulfonamides is 1. The van der Waals surface area contributed by atoms with Crippen LogP contribution < -0.4 is 5.32 Å². The molecule has 2 aromatic carbocycles. The molecule has 8 nitrogen and oxygen atoms in total. The highest BCUT2D eigenvalue weighted by Crippen LogP contribution is 2.30. The number of nitrogens with zero attached hydrogens (tertiary/aromatic N) is 2. The number of halogens is 1. The molecule has 1 aliphatic rings. The average molecular weight is 504 g/mol. The third-order valence-electron chi connectivity index (χ3n) is 6.10. The Morgan fingerprint density at radius 2 is 1.74 bits per heavy atom. The fourth-order valence-electron chi connectivity index (χ4n) is 3.80. The van der Waals surface area contributed by atoms with Gasteiger partial charge in [0.15, 0.2) is 0 Å². The molecule has 0 saturated heterocycles. The lowest BCUT2D eigenvalue weighted by Crippen LogP contribution is -2.49. The van der Waals surface area contributed by atoms with Crippen LogP contribution in [0, 0.1) is 5.82 Å². The van der Waals surface area contributed by atoms with Gasteiger partial charge in [0.2, 0.25) is 11.8 Å². The van der Waals surface area contributed by atoms with Gasteiger partial charge in [0.1, 0.15) is 16.8 Å². The first-order valence-electron chi connectivity index (χ1n) is 11.6. The molecule has 35 heavy (non-hydrogen) atoms. The van der Waals surface area contributed by atoms with Crippen molar-refractivity contribution < 1.29 is 27.2 Å². The zero-order chi connectivity index (χ0) is 25.8. The number of hydrogen-bond acceptors (Lipinski definition) is 5. The van der Waals surface area contributed by atoms with E-state index in [0.717, 1.165) is 10.7 Å². The van der Waals surface area contributed by atoms with Crippen LogP contribution in [0.3, 0.4) is 0 Å². The summed E-state index contributed by atoms with van der Waals surface area (Å²) in [6.07, 6.45) is 0.750. The van der Waals surface area contributed by atoms with Crippen molar-refractivity contribution >= 4 is 27.7 Å². The summed E-state index contributed by atoms with van der Waals surface area (Å²) in [6, 6.07) is 10.8. The van der Waals surface area contributed by atoms with E-state index in [-0.39, 0.29) is 54.2 Å². The molecule has 3 amide bonds. The minimum atomic E-state index is -3.95. The Morgan fingerprint density at radius 1 is 1.09 bits per heavy atom. The number of hydrogen-bond donors (Lipinski definition) is 1. The molecule has 188 valence electrons. The number of fused-ring (bicyclic) bond motifs is 1. The van der Waals surface area contributed by atoms with Crippen LogP contribution in [0.2, 0.25) is 0 Å². The van der Waals surface area contributed by atoms with Gasteiger partial charge in [-0.15, -0.1) is 0 Å². The number of benzene rings is 2. The first-order valence-corrected chi connectivity index (χ1v) is 13.0. The lowest BCUT2D eigenvalue weighted by molar-refractivity contribution is -0.141. The zero-order valence-corrected chi connectivity index (χ0v) is 20.8. The second-order valence-corrected chi connectivity index (χ2v) is 10.5. The maximum Gasteiger partial charge on any atom is 0.269 e. The molecule has 0 saturated carbocycles. The molecule has 1 aliphatic heterocycles. The molecule has 0 unspecified atom stereocenters. The minimum Gasteiger partial charge on any atom is -0.352 e. The molecule has 0 aromatic heterocycles. The van der Waals surface area contributed by atoms with Gasteiger partial charge in [-0.3, -0.25) is 14.4 Å². The number of amides is 3. The van der Waals surface area contributed by atoms with Gasteiger partial charge in [-0.05, 0) is 56.5 Å². The molecule has 0 bridgehead atoms. The van der Waals surface area contributed by atoms with Gasteiger partial charge in [0.05, 0.1) is 5.56 Å². The largest absolute Gasteiger partial charge is 0.352 e. The van der Waals surface area contributed by atoms with E-state index in [0.29, 0.717) is 5.56 Å². The summed E-state index contributed by atoms with van der Waals surface area (Å²) < 4.78 is 39.6. The third kappa shape index (κ3) is 5.87. The number of nitrogens with one attached hydrogen (secondary N) is 1. The van der Waals surface area contributed by atoms with E-state index in [1.165, 1.54) is 29.2 Å². The predicted molar refractivity (Wildman–Crippen MR) is 128 cm³/mol. The summed E-state index contributed by atoms with van der Waals surface area (Å²) in [5, 5.41) is 2.86.